The van der Waals surface area contributed by atoms with Gasteiger partial charge >= 0.3 is 6.18 Å². The summed E-state index contributed by atoms with van der Waals surface area (Å²) in [6.07, 6.45) is -3.09. The van der Waals surface area contributed by atoms with Gasteiger partial charge in [0.1, 0.15) is 6.29 Å². The number of benzene rings is 1. The standard InChI is InChI=1S/C10H9F3OS/c11-10(12,13)7-15-9-3-1-8(2-4-9)5-6-14/h1-4,6H,5,7H2. The summed E-state index contributed by atoms with van der Waals surface area (Å²) < 4.78 is 35.6. The zero-order valence-electron chi connectivity index (χ0n) is 7.75. The first kappa shape index (κ1) is 12.1. The van der Waals surface area contributed by atoms with Gasteiger partial charge in [0.15, 0.2) is 0 Å². The molecular weight excluding hydrogens is 225 g/mol. The van der Waals surface area contributed by atoms with Crippen molar-refractivity contribution in [3.05, 3.63) is 29.8 Å². The number of carbonyl (C=O) groups is 1. The smallest absolute Gasteiger partial charge is 0.303 e. The summed E-state index contributed by atoms with van der Waals surface area (Å²) in [6, 6.07) is 6.50. The molecule has 0 fully saturated rings. The third-order valence-electron chi connectivity index (χ3n) is 1.64. The highest BCUT2D eigenvalue weighted by atomic mass is 32.2. The highest BCUT2D eigenvalue weighted by Gasteiger charge is 2.27. The molecule has 15 heavy (non-hydrogen) atoms. The lowest BCUT2D eigenvalue weighted by Gasteiger charge is -2.05. The monoisotopic (exact) mass is 234 g/mol. The van der Waals surface area contributed by atoms with Crippen LogP contribution in [0.3, 0.4) is 0 Å². The van der Waals surface area contributed by atoms with E-state index in [1.54, 1.807) is 24.3 Å². The van der Waals surface area contributed by atoms with E-state index in [1.165, 1.54) is 0 Å². The summed E-state index contributed by atoms with van der Waals surface area (Å²) in [5.74, 6) is -0.889. The van der Waals surface area contributed by atoms with Crippen LogP contribution in [-0.2, 0) is 11.2 Å². The number of rotatable bonds is 4. The van der Waals surface area contributed by atoms with Gasteiger partial charge in [-0.05, 0) is 17.7 Å². The van der Waals surface area contributed by atoms with Crippen molar-refractivity contribution in [1.29, 1.82) is 0 Å². The third kappa shape index (κ3) is 4.88. The fraction of sp³-hybridized carbons (Fsp3) is 0.300. The molecule has 1 nitrogen and oxygen atoms in total. The van der Waals surface area contributed by atoms with Crippen LogP contribution in [0.25, 0.3) is 0 Å². The van der Waals surface area contributed by atoms with E-state index in [-0.39, 0.29) is 0 Å². The molecule has 0 unspecified atom stereocenters. The first-order valence-corrected chi connectivity index (χ1v) is 5.22. The molecule has 0 aliphatic rings. The summed E-state index contributed by atoms with van der Waals surface area (Å²) in [4.78, 5) is 10.7. The van der Waals surface area contributed by atoms with Crippen LogP contribution in [0.5, 0.6) is 0 Å². The average Bonchev–Trinajstić information content (AvgIpc) is 2.16. The Hall–Kier alpha value is -0.970. The molecule has 0 bridgehead atoms. The molecule has 0 spiro atoms. The predicted molar refractivity (Wildman–Crippen MR) is 53.0 cm³/mol. The highest BCUT2D eigenvalue weighted by molar-refractivity contribution is 7.99. The van der Waals surface area contributed by atoms with Crippen LogP contribution in [0, 0.1) is 0 Å². The molecule has 0 saturated heterocycles. The van der Waals surface area contributed by atoms with Gasteiger partial charge < -0.3 is 4.79 Å². The zero-order valence-corrected chi connectivity index (χ0v) is 8.57. The Morgan fingerprint density at radius 3 is 2.27 bits per heavy atom. The first-order valence-electron chi connectivity index (χ1n) is 4.23. The van der Waals surface area contributed by atoms with Crippen LogP contribution in [0.15, 0.2) is 29.2 Å². The topological polar surface area (TPSA) is 17.1 Å². The molecule has 0 amide bonds. The number of thioether (sulfide) groups is 1. The second-order valence-corrected chi connectivity index (χ2v) is 3.97. The molecule has 0 saturated carbocycles. The summed E-state index contributed by atoms with van der Waals surface area (Å²) in [5, 5.41) is 0. The van der Waals surface area contributed by atoms with E-state index in [4.69, 9.17) is 0 Å². The lowest BCUT2D eigenvalue weighted by Crippen LogP contribution is -2.10. The van der Waals surface area contributed by atoms with Crippen molar-refractivity contribution in [2.45, 2.75) is 17.5 Å². The Kier molecular flexibility index (Phi) is 4.20. The molecule has 0 radical (unpaired) electrons. The van der Waals surface area contributed by atoms with Crippen molar-refractivity contribution in [2.75, 3.05) is 5.75 Å². The van der Waals surface area contributed by atoms with Crippen molar-refractivity contribution in [3.63, 3.8) is 0 Å². The molecule has 0 aliphatic heterocycles. The van der Waals surface area contributed by atoms with Gasteiger partial charge in [-0.1, -0.05) is 12.1 Å². The normalized spacial score (nSPS) is 11.4. The van der Waals surface area contributed by atoms with E-state index < -0.39 is 11.9 Å². The Balaban J connectivity index is 2.53. The van der Waals surface area contributed by atoms with Crippen molar-refractivity contribution >= 4 is 18.0 Å². The minimum Gasteiger partial charge on any atom is -0.303 e. The minimum atomic E-state index is -4.15. The van der Waals surface area contributed by atoms with Crippen LogP contribution in [0.4, 0.5) is 13.2 Å². The predicted octanol–water partition coefficient (Wildman–Crippen LogP) is 3.08. The first-order chi connectivity index (χ1) is 7.01. The van der Waals surface area contributed by atoms with Gasteiger partial charge in [0.05, 0.1) is 5.75 Å². The number of hydrogen-bond acceptors (Lipinski definition) is 2. The summed E-state index contributed by atoms with van der Waals surface area (Å²) >= 11 is 0.741. The Morgan fingerprint density at radius 1 is 1.20 bits per heavy atom. The van der Waals surface area contributed by atoms with E-state index in [0.29, 0.717) is 11.3 Å². The van der Waals surface area contributed by atoms with Crippen LogP contribution >= 0.6 is 11.8 Å². The second-order valence-electron chi connectivity index (χ2n) is 2.92. The van der Waals surface area contributed by atoms with Crippen molar-refractivity contribution in [3.8, 4) is 0 Å². The molecule has 0 aromatic heterocycles. The SMILES string of the molecule is O=CCc1ccc(SCC(F)(F)F)cc1. The lowest BCUT2D eigenvalue weighted by atomic mass is 10.2. The maximum absolute atomic E-state index is 11.9. The highest BCUT2D eigenvalue weighted by Crippen LogP contribution is 2.27. The van der Waals surface area contributed by atoms with Gasteiger partial charge in [-0.15, -0.1) is 11.8 Å². The Labute approximate surface area is 89.7 Å². The van der Waals surface area contributed by atoms with E-state index >= 15 is 0 Å². The van der Waals surface area contributed by atoms with Gasteiger partial charge in [-0.3, -0.25) is 0 Å². The number of halogens is 3. The zero-order chi connectivity index (χ0) is 11.3. The maximum atomic E-state index is 11.9. The molecule has 82 valence electrons. The number of aldehydes is 1. The summed E-state index contributed by atoms with van der Waals surface area (Å²) in [7, 11) is 0. The number of alkyl halides is 3. The molecule has 0 atom stereocenters. The molecule has 1 rings (SSSR count). The molecule has 1 aromatic rings. The number of hydrogen-bond donors (Lipinski definition) is 0. The van der Waals surface area contributed by atoms with Gasteiger partial charge in [0.2, 0.25) is 0 Å². The van der Waals surface area contributed by atoms with E-state index in [0.717, 1.165) is 23.6 Å². The van der Waals surface area contributed by atoms with Crippen LogP contribution in [0.2, 0.25) is 0 Å². The van der Waals surface area contributed by atoms with Crippen molar-refractivity contribution in [1.82, 2.24) is 0 Å². The van der Waals surface area contributed by atoms with Gasteiger partial charge in [0.25, 0.3) is 0 Å². The molecule has 0 aliphatic carbocycles. The van der Waals surface area contributed by atoms with E-state index in [1.807, 2.05) is 0 Å². The fourth-order valence-electron chi connectivity index (χ4n) is 0.983. The number of carbonyl (C=O) groups excluding carboxylic acids is 1. The molecule has 5 heteroatoms. The average molecular weight is 234 g/mol. The molecule has 0 heterocycles. The molecule has 0 N–H and O–H groups in total. The molecule has 1 aromatic carbocycles. The Bertz CT molecular complexity index is 318. The quantitative estimate of drug-likeness (QED) is 0.588. The van der Waals surface area contributed by atoms with Gasteiger partial charge in [-0.25, -0.2) is 0 Å². The van der Waals surface area contributed by atoms with Crippen LogP contribution < -0.4 is 0 Å². The maximum Gasteiger partial charge on any atom is 0.398 e. The van der Waals surface area contributed by atoms with Crippen LogP contribution in [-0.4, -0.2) is 18.2 Å². The van der Waals surface area contributed by atoms with Crippen molar-refractivity contribution < 1.29 is 18.0 Å². The minimum absolute atomic E-state index is 0.296. The largest absolute Gasteiger partial charge is 0.398 e. The van der Waals surface area contributed by atoms with Crippen LogP contribution in [0.1, 0.15) is 5.56 Å². The second kappa shape index (κ2) is 5.21. The van der Waals surface area contributed by atoms with E-state index in [9.17, 15) is 18.0 Å². The lowest BCUT2D eigenvalue weighted by molar-refractivity contribution is -0.107. The van der Waals surface area contributed by atoms with Gasteiger partial charge in [-0.2, -0.15) is 13.2 Å². The van der Waals surface area contributed by atoms with E-state index in [2.05, 4.69) is 0 Å². The third-order valence-corrected chi connectivity index (χ3v) is 2.72. The summed E-state index contributed by atoms with van der Waals surface area (Å²) in [6.45, 7) is 0. The van der Waals surface area contributed by atoms with Gasteiger partial charge in [0, 0.05) is 11.3 Å². The summed E-state index contributed by atoms with van der Waals surface area (Å²) in [5.41, 5.74) is 0.807. The molecular formula is C10H9F3OS. The Morgan fingerprint density at radius 2 is 1.80 bits per heavy atom. The fourth-order valence-corrected chi connectivity index (χ4v) is 1.64. The van der Waals surface area contributed by atoms with Crippen molar-refractivity contribution in [2.24, 2.45) is 0 Å².